The smallest absolute Gasteiger partial charge is 0.406 e. The van der Waals surface area contributed by atoms with E-state index in [2.05, 4.69) is 9.64 Å². The SMILES string of the molecule is CC1C(=O)N(C(CO)CCN2CCC3(CC2)CC3)CCN1c1cccc(OC(F)(F)F)c1. The molecule has 32 heavy (non-hydrogen) atoms. The Kier molecular flexibility index (Phi) is 6.58. The minimum Gasteiger partial charge on any atom is -0.406 e. The Morgan fingerprint density at radius 2 is 1.88 bits per heavy atom. The molecular weight excluding hydrogens is 423 g/mol. The zero-order valence-corrected chi connectivity index (χ0v) is 18.5. The van der Waals surface area contributed by atoms with E-state index < -0.39 is 12.4 Å². The lowest BCUT2D eigenvalue weighted by atomic mass is 9.93. The maximum atomic E-state index is 13.1. The molecule has 2 saturated heterocycles. The summed E-state index contributed by atoms with van der Waals surface area (Å²) in [7, 11) is 0. The summed E-state index contributed by atoms with van der Waals surface area (Å²) in [5.74, 6) is -0.423. The first kappa shape index (κ1) is 23.2. The van der Waals surface area contributed by atoms with E-state index in [1.165, 1.54) is 43.9 Å². The number of piperazine rings is 1. The summed E-state index contributed by atoms with van der Waals surface area (Å²) in [5, 5.41) is 9.98. The lowest BCUT2D eigenvalue weighted by molar-refractivity contribution is -0.274. The molecule has 2 atom stereocenters. The average Bonchev–Trinajstić information content (AvgIpc) is 3.50. The van der Waals surface area contributed by atoms with E-state index in [9.17, 15) is 23.1 Å². The molecule has 3 fully saturated rings. The summed E-state index contributed by atoms with van der Waals surface area (Å²) >= 11 is 0. The zero-order valence-electron chi connectivity index (χ0n) is 18.5. The van der Waals surface area contributed by atoms with Gasteiger partial charge in [0.25, 0.3) is 0 Å². The molecule has 2 unspecified atom stereocenters. The molecule has 6 nitrogen and oxygen atoms in total. The predicted molar refractivity (Wildman–Crippen MR) is 114 cm³/mol. The Bertz CT molecular complexity index is 805. The van der Waals surface area contributed by atoms with Crippen LogP contribution >= 0.6 is 0 Å². The molecule has 0 radical (unpaired) electrons. The molecule has 3 aliphatic rings. The molecule has 1 aromatic rings. The van der Waals surface area contributed by atoms with E-state index in [1.807, 2.05) is 0 Å². The number of benzene rings is 1. The molecule has 1 aliphatic carbocycles. The Morgan fingerprint density at radius 3 is 2.50 bits per heavy atom. The monoisotopic (exact) mass is 455 g/mol. The van der Waals surface area contributed by atoms with E-state index in [0.29, 0.717) is 24.2 Å². The topological polar surface area (TPSA) is 56.3 Å². The summed E-state index contributed by atoms with van der Waals surface area (Å²) in [6.07, 6.45) is 1.19. The van der Waals surface area contributed by atoms with Crippen LogP contribution in [0.5, 0.6) is 5.75 Å². The molecule has 0 aromatic heterocycles. The van der Waals surface area contributed by atoms with Crippen molar-refractivity contribution >= 4 is 11.6 Å². The first-order chi connectivity index (χ1) is 15.2. The van der Waals surface area contributed by atoms with Gasteiger partial charge in [-0.25, -0.2) is 0 Å². The van der Waals surface area contributed by atoms with E-state index in [4.69, 9.17) is 0 Å². The highest BCUT2D eigenvalue weighted by Crippen LogP contribution is 2.53. The largest absolute Gasteiger partial charge is 0.573 e. The molecule has 2 heterocycles. The standard InChI is InChI=1S/C23H32F3N3O3/c1-17-21(31)29(19(16-30)5-10-27-11-8-22(6-7-22)9-12-27)14-13-28(17)18-3-2-4-20(15-18)32-23(24,25)26/h2-4,15,17,19,30H,5-14,16H2,1H3. The second-order valence-corrected chi connectivity index (χ2v) is 9.41. The van der Waals surface area contributed by atoms with Crippen molar-refractivity contribution in [3.63, 3.8) is 0 Å². The number of alkyl halides is 3. The van der Waals surface area contributed by atoms with Gasteiger partial charge < -0.3 is 24.5 Å². The van der Waals surface area contributed by atoms with Crippen molar-refractivity contribution in [3.8, 4) is 5.75 Å². The molecule has 1 saturated carbocycles. The normalized spacial score (nSPS) is 24.7. The van der Waals surface area contributed by atoms with Crippen molar-refractivity contribution in [3.05, 3.63) is 24.3 Å². The first-order valence-electron chi connectivity index (χ1n) is 11.5. The summed E-state index contributed by atoms with van der Waals surface area (Å²) < 4.78 is 41.7. The summed E-state index contributed by atoms with van der Waals surface area (Å²) in [4.78, 5) is 19.1. The molecule has 4 rings (SSSR count). The van der Waals surface area contributed by atoms with Crippen LogP contribution in [0.1, 0.15) is 39.0 Å². The number of anilines is 1. The third kappa shape index (κ3) is 5.31. The number of aliphatic hydroxyl groups excluding tert-OH is 1. The summed E-state index contributed by atoms with van der Waals surface area (Å²) in [6.45, 7) is 5.59. The van der Waals surface area contributed by atoms with E-state index in [1.54, 1.807) is 22.8 Å². The fraction of sp³-hybridized carbons (Fsp3) is 0.696. The first-order valence-corrected chi connectivity index (χ1v) is 11.5. The Balaban J connectivity index is 1.34. The number of hydrogen-bond donors (Lipinski definition) is 1. The highest BCUT2D eigenvalue weighted by atomic mass is 19.4. The lowest BCUT2D eigenvalue weighted by Crippen LogP contribution is -2.60. The summed E-state index contributed by atoms with van der Waals surface area (Å²) in [6, 6.07) is 4.93. The fourth-order valence-electron chi connectivity index (χ4n) is 5.07. The second-order valence-electron chi connectivity index (χ2n) is 9.41. The minimum absolute atomic E-state index is 0.0921. The van der Waals surface area contributed by atoms with Crippen LogP contribution in [-0.2, 0) is 4.79 Å². The number of piperidine rings is 1. The van der Waals surface area contributed by atoms with Crippen LogP contribution in [0.15, 0.2) is 24.3 Å². The average molecular weight is 456 g/mol. The van der Waals surface area contributed by atoms with Crippen LogP contribution in [0.25, 0.3) is 0 Å². The van der Waals surface area contributed by atoms with Crippen molar-refractivity contribution in [2.45, 2.75) is 57.5 Å². The number of aliphatic hydroxyl groups is 1. The molecule has 2 aliphatic heterocycles. The van der Waals surface area contributed by atoms with Crippen molar-refractivity contribution in [1.29, 1.82) is 0 Å². The van der Waals surface area contributed by atoms with Crippen molar-refractivity contribution < 1.29 is 27.8 Å². The third-order valence-electron chi connectivity index (χ3n) is 7.38. The molecule has 1 amide bonds. The quantitative estimate of drug-likeness (QED) is 0.684. The molecule has 1 aromatic carbocycles. The Labute approximate surface area is 186 Å². The maximum Gasteiger partial charge on any atom is 0.573 e. The van der Waals surface area contributed by atoms with Gasteiger partial charge in [-0.2, -0.15) is 0 Å². The number of ether oxygens (including phenoxy) is 1. The molecule has 178 valence electrons. The van der Waals surface area contributed by atoms with Gasteiger partial charge in [0.15, 0.2) is 0 Å². The minimum atomic E-state index is -4.76. The van der Waals surface area contributed by atoms with Crippen LogP contribution < -0.4 is 9.64 Å². The Hall–Kier alpha value is -2.00. The zero-order chi connectivity index (χ0) is 22.9. The van der Waals surface area contributed by atoms with E-state index in [0.717, 1.165) is 26.1 Å². The van der Waals surface area contributed by atoms with Gasteiger partial charge >= 0.3 is 6.36 Å². The fourth-order valence-corrected chi connectivity index (χ4v) is 5.07. The van der Waals surface area contributed by atoms with Gasteiger partial charge in [0.05, 0.1) is 12.6 Å². The number of halogens is 3. The van der Waals surface area contributed by atoms with Crippen molar-refractivity contribution in [1.82, 2.24) is 9.80 Å². The van der Waals surface area contributed by atoms with Crippen LogP contribution in [0.3, 0.4) is 0 Å². The number of amides is 1. The van der Waals surface area contributed by atoms with Gasteiger partial charge in [-0.3, -0.25) is 4.79 Å². The molecule has 0 bridgehead atoms. The van der Waals surface area contributed by atoms with Gasteiger partial charge in [-0.05, 0) is 69.7 Å². The van der Waals surface area contributed by atoms with Gasteiger partial charge in [0.2, 0.25) is 5.91 Å². The highest BCUT2D eigenvalue weighted by Gasteiger charge is 2.44. The van der Waals surface area contributed by atoms with Crippen LogP contribution in [0.4, 0.5) is 18.9 Å². The highest BCUT2D eigenvalue weighted by molar-refractivity contribution is 5.86. The predicted octanol–water partition coefficient (Wildman–Crippen LogP) is 3.25. The molecule has 9 heteroatoms. The van der Waals surface area contributed by atoms with Gasteiger partial charge in [0, 0.05) is 31.4 Å². The van der Waals surface area contributed by atoms with Crippen LogP contribution in [0.2, 0.25) is 0 Å². The molecule has 1 N–H and O–H groups in total. The number of nitrogens with zero attached hydrogens (tertiary/aromatic N) is 3. The number of hydrogen-bond acceptors (Lipinski definition) is 5. The Morgan fingerprint density at radius 1 is 1.16 bits per heavy atom. The maximum absolute atomic E-state index is 13.1. The third-order valence-corrected chi connectivity index (χ3v) is 7.38. The van der Waals surface area contributed by atoms with Crippen molar-refractivity contribution in [2.24, 2.45) is 5.41 Å². The van der Waals surface area contributed by atoms with Crippen LogP contribution in [0, 0.1) is 5.41 Å². The number of carbonyl (C=O) groups is 1. The van der Waals surface area contributed by atoms with Gasteiger partial charge in [-0.15, -0.1) is 13.2 Å². The number of carbonyl (C=O) groups excluding carboxylic acids is 1. The van der Waals surface area contributed by atoms with E-state index >= 15 is 0 Å². The van der Waals surface area contributed by atoms with Gasteiger partial charge in [0.1, 0.15) is 11.8 Å². The summed E-state index contributed by atoms with van der Waals surface area (Å²) in [5.41, 5.74) is 1.13. The van der Waals surface area contributed by atoms with Crippen LogP contribution in [-0.4, -0.2) is 78.6 Å². The molecular formula is C23H32F3N3O3. The van der Waals surface area contributed by atoms with E-state index in [-0.39, 0.29) is 24.3 Å². The number of likely N-dealkylation sites (tertiary alicyclic amines) is 1. The lowest BCUT2D eigenvalue weighted by Gasteiger charge is -2.44. The number of rotatable bonds is 7. The van der Waals surface area contributed by atoms with Crippen molar-refractivity contribution in [2.75, 3.05) is 44.2 Å². The second kappa shape index (κ2) is 9.09. The molecule has 1 spiro atoms. The van der Waals surface area contributed by atoms with Gasteiger partial charge in [-0.1, -0.05) is 6.07 Å².